The summed E-state index contributed by atoms with van der Waals surface area (Å²) in [5.41, 5.74) is 7.96. The zero-order valence-corrected chi connectivity index (χ0v) is 7.26. The van der Waals surface area contributed by atoms with Crippen LogP contribution in [0.5, 0.6) is 0 Å². The van der Waals surface area contributed by atoms with Crippen molar-refractivity contribution in [3.63, 3.8) is 0 Å². The maximum atomic E-state index is 7.33. The van der Waals surface area contributed by atoms with Crippen molar-refractivity contribution in [3.8, 4) is 0 Å². The van der Waals surface area contributed by atoms with Crippen LogP contribution in [0.4, 0.5) is 0 Å². The van der Waals surface area contributed by atoms with E-state index >= 15 is 0 Å². The lowest BCUT2D eigenvalue weighted by molar-refractivity contribution is 1.29. The zero-order valence-electron chi connectivity index (χ0n) is 7.26. The van der Waals surface area contributed by atoms with Crippen LogP contribution in [-0.2, 0) is 0 Å². The number of fused-ring (bicyclic) bond motifs is 1. The number of aromatic amines is 1. The fraction of sp³-hybridized carbons (Fsp3) is 0.111. The van der Waals surface area contributed by atoms with Crippen molar-refractivity contribution >= 4 is 16.9 Å². The van der Waals surface area contributed by atoms with Crippen LogP contribution in [0.15, 0.2) is 18.5 Å². The van der Waals surface area contributed by atoms with E-state index in [0.717, 1.165) is 16.6 Å². The molecule has 2 rings (SSSR count). The summed E-state index contributed by atoms with van der Waals surface area (Å²) >= 11 is 0. The summed E-state index contributed by atoms with van der Waals surface area (Å²) in [6.45, 7) is 1.96. The van der Waals surface area contributed by atoms with Crippen LogP contribution in [0, 0.1) is 12.3 Å². The molecular weight excluding hydrogens is 164 g/mol. The summed E-state index contributed by atoms with van der Waals surface area (Å²) < 4.78 is 0. The molecule has 2 aromatic heterocycles. The number of nitrogens with zero attached hydrogens (tertiary/aromatic N) is 1. The van der Waals surface area contributed by atoms with Gasteiger partial charge in [0.2, 0.25) is 0 Å². The molecule has 13 heavy (non-hydrogen) atoms. The Kier molecular flexibility index (Phi) is 1.55. The van der Waals surface area contributed by atoms with Gasteiger partial charge in [0.15, 0.2) is 0 Å². The first kappa shape index (κ1) is 7.79. The third-order valence-corrected chi connectivity index (χ3v) is 1.96. The van der Waals surface area contributed by atoms with E-state index in [2.05, 4.69) is 9.97 Å². The van der Waals surface area contributed by atoms with E-state index in [1.54, 1.807) is 12.4 Å². The van der Waals surface area contributed by atoms with Crippen molar-refractivity contribution in [2.45, 2.75) is 6.92 Å². The van der Waals surface area contributed by atoms with Crippen LogP contribution >= 0.6 is 0 Å². The van der Waals surface area contributed by atoms with Crippen molar-refractivity contribution in [1.82, 2.24) is 9.97 Å². The van der Waals surface area contributed by atoms with Gasteiger partial charge in [0.05, 0.1) is 0 Å². The number of nitrogens with one attached hydrogen (secondary N) is 2. The van der Waals surface area contributed by atoms with Crippen molar-refractivity contribution < 1.29 is 0 Å². The molecule has 4 N–H and O–H groups in total. The maximum Gasteiger partial charge on any atom is 0.137 e. The number of pyridine rings is 1. The predicted octanol–water partition coefficient (Wildman–Crippen LogP) is 1.16. The van der Waals surface area contributed by atoms with Crippen molar-refractivity contribution in [1.29, 1.82) is 5.41 Å². The van der Waals surface area contributed by atoms with Gasteiger partial charge in [0.25, 0.3) is 0 Å². The third kappa shape index (κ3) is 1.16. The minimum Gasteiger partial charge on any atom is -0.384 e. The number of rotatable bonds is 1. The van der Waals surface area contributed by atoms with E-state index < -0.39 is 0 Å². The molecular formula is C9H10N4. The summed E-state index contributed by atoms with van der Waals surface area (Å²) in [6, 6.07) is 1.97. The summed E-state index contributed by atoms with van der Waals surface area (Å²) in [4.78, 5) is 7.14. The highest BCUT2D eigenvalue weighted by Crippen LogP contribution is 2.16. The van der Waals surface area contributed by atoms with Gasteiger partial charge in [0.1, 0.15) is 11.5 Å². The van der Waals surface area contributed by atoms with Gasteiger partial charge >= 0.3 is 0 Å². The van der Waals surface area contributed by atoms with E-state index in [1.165, 1.54) is 0 Å². The second-order valence-electron chi connectivity index (χ2n) is 3.02. The lowest BCUT2D eigenvalue weighted by atomic mass is 10.2. The minimum atomic E-state index is 0.0682. The molecule has 0 radical (unpaired) electrons. The molecule has 0 aliphatic heterocycles. The predicted molar refractivity (Wildman–Crippen MR) is 51.8 cm³/mol. The number of aryl methyl sites for hydroxylation is 1. The lowest BCUT2D eigenvalue weighted by Crippen LogP contribution is -2.10. The van der Waals surface area contributed by atoms with Crippen LogP contribution in [0.3, 0.4) is 0 Å². The first-order valence-corrected chi connectivity index (χ1v) is 3.96. The smallest absolute Gasteiger partial charge is 0.137 e. The van der Waals surface area contributed by atoms with Gasteiger partial charge in [-0.25, -0.2) is 4.98 Å². The molecule has 0 atom stereocenters. The molecule has 66 valence electrons. The van der Waals surface area contributed by atoms with E-state index in [0.29, 0.717) is 5.56 Å². The van der Waals surface area contributed by atoms with Gasteiger partial charge in [-0.05, 0) is 18.6 Å². The summed E-state index contributed by atoms with van der Waals surface area (Å²) in [7, 11) is 0. The molecule has 0 amide bonds. The normalized spacial score (nSPS) is 10.5. The van der Waals surface area contributed by atoms with Gasteiger partial charge < -0.3 is 10.7 Å². The van der Waals surface area contributed by atoms with E-state index in [1.807, 2.05) is 13.0 Å². The summed E-state index contributed by atoms with van der Waals surface area (Å²) in [5, 5.41) is 8.24. The van der Waals surface area contributed by atoms with Crippen LogP contribution in [0.2, 0.25) is 0 Å². The zero-order chi connectivity index (χ0) is 9.42. The number of nitrogens with two attached hydrogens (primary N) is 1. The average Bonchev–Trinajstić information content (AvgIpc) is 2.46. The molecule has 0 spiro atoms. The Hall–Kier alpha value is -1.84. The van der Waals surface area contributed by atoms with E-state index in [4.69, 9.17) is 11.1 Å². The second-order valence-corrected chi connectivity index (χ2v) is 3.02. The van der Waals surface area contributed by atoms with Gasteiger partial charge in [0, 0.05) is 23.3 Å². The highest BCUT2D eigenvalue weighted by atomic mass is 14.8. The average molecular weight is 174 g/mol. The topological polar surface area (TPSA) is 78.5 Å². The molecule has 0 fully saturated rings. The second kappa shape index (κ2) is 2.58. The number of aromatic nitrogens is 2. The third-order valence-electron chi connectivity index (χ3n) is 1.96. The Labute approximate surface area is 75.3 Å². The Morgan fingerprint density at radius 1 is 1.62 bits per heavy atom. The Morgan fingerprint density at radius 2 is 2.38 bits per heavy atom. The molecule has 0 bridgehead atoms. The quantitative estimate of drug-likeness (QED) is 0.448. The standard InChI is InChI=1S/C9H10N4/c1-5-2-6-7(8(10)11)4-13-9(6)12-3-5/h2-4H,1H3,(H3,10,11)(H,12,13). The van der Waals surface area contributed by atoms with Gasteiger partial charge in [-0.15, -0.1) is 0 Å². The fourth-order valence-corrected chi connectivity index (χ4v) is 1.33. The molecule has 0 aliphatic rings. The van der Waals surface area contributed by atoms with Crippen molar-refractivity contribution in [3.05, 3.63) is 29.6 Å². The molecule has 0 saturated carbocycles. The maximum absolute atomic E-state index is 7.33. The van der Waals surface area contributed by atoms with E-state index in [9.17, 15) is 0 Å². The molecule has 0 aliphatic carbocycles. The largest absolute Gasteiger partial charge is 0.384 e. The van der Waals surface area contributed by atoms with Crippen LogP contribution in [0.1, 0.15) is 11.1 Å². The first-order chi connectivity index (χ1) is 6.18. The molecule has 0 aromatic carbocycles. The van der Waals surface area contributed by atoms with E-state index in [-0.39, 0.29) is 5.84 Å². The Morgan fingerprint density at radius 3 is 3.08 bits per heavy atom. The van der Waals surface area contributed by atoms with Crippen molar-refractivity contribution in [2.75, 3.05) is 0 Å². The Bertz CT molecular complexity index is 469. The molecule has 0 saturated heterocycles. The number of hydrogen-bond acceptors (Lipinski definition) is 2. The summed E-state index contributed by atoms with van der Waals surface area (Å²) in [5.74, 6) is 0.0682. The molecule has 0 unspecified atom stereocenters. The number of amidine groups is 1. The van der Waals surface area contributed by atoms with Crippen LogP contribution in [0.25, 0.3) is 11.0 Å². The van der Waals surface area contributed by atoms with Crippen molar-refractivity contribution in [2.24, 2.45) is 5.73 Å². The number of hydrogen-bond donors (Lipinski definition) is 3. The number of nitrogen functional groups attached to an aromatic ring is 1. The molecule has 2 heterocycles. The van der Waals surface area contributed by atoms with Gasteiger partial charge in [-0.3, -0.25) is 5.41 Å². The molecule has 4 heteroatoms. The summed E-state index contributed by atoms with van der Waals surface area (Å²) in [6.07, 6.45) is 3.49. The first-order valence-electron chi connectivity index (χ1n) is 3.96. The Balaban J connectivity index is 2.79. The number of H-pyrrole nitrogens is 1. The van der Waals surface area contributed by atoms with Crippen LogP contribution in [-0.4, -0.2) is 15.8 Å². The highest BCUT2D eigenvalue weighted by molar-refractivity contribution is 6.06. The van der Waals surface area contributed by atoms with Gasteiger partial charge in [-0.2, -0.15) is 0 Å². The van der Waals surface area contributed by atoms with Crippen LogP contribution < -0.4 is 5.73 Å². The fourth-order valence-electron chi connectivity index (χ4n) is 1.33. The minimum absolute atomic E-state index is 0.0682. The van der Waals surface area contributed by atoms with Gasteiger partial charge in [-0.1, -0.05) is 0 Å². The highest BCUT2D eigenvalue weighted by Gasteiger charge is 2.06. The molecule has 2 aromatic rings. The monoisotopic (exact) mass is 174 g/mol. The SMILES string of the molecule is Cc1cnc2[nH]cc(C(=N)N)c2c1. The molecule has 4 nitrogen and oxygen atoms in total. The lowest BCUT2D eigenvalue weighted by Gasteiger charge is -1.95.